The molecule has 1 aliphatic rings. The molecule has 3 rings (SSSR count). The van der Waals surface area contributed by atoms with E-state index in [2.05, 4.69) is 10.3 Å². The van der Waals surface area contributed by atoms with Crippen LogP contribution in [0.1, 0.15) is 19.2 Å². The number of piperazine rings is 1. The quantitative estimate of drug-likeness (QED) is 0.871. The highest BCUT2D eigenvalue weighted by molar-refractivity contribution is 5.77. The molecule has 0 unspecified atom stereocenters. The summed E-state index contributed by atoms with van der Waals surface area (Å²) in [4.78, 5) is 31.8. The fraction of sp³-hybridized carbons (Fsp3) is 0.421. The molecule has 27 heavy (non-hydrogen) atoms. The lowest BCUT2D eigenvalue weighted by Crippen LogP contribution is -2.53. The summed E-state index contributed by atoms with van der Waals surface area (Å²) in [5, 5.41) is 2.76. The molecule has 1 aromatic carbocycles. The van der Waals surface area contributed by atoms with Crippen LogP contribution < -0.4 is 5.32 Å². The molecule has 1 saturated heterocycles. The first kappa shape index (κ1) is 18.9. The van der Waals surface area contributed by atoms with E-state index in [0.29, 0.717) is 56.4 Å². The van der Waals surface area contributed by atoms with E-state index in [1.807, 2.05) is 6.92 Å². The van der Waals surface area contributed by atoms with Gasteiger partial charge in [0, 0.05) is 45.6 Å². The van der Waals surface area contributed by atoms with Crippen LogP contribution in [0.3, 0.4) is 0 Å². The monoisotopic (exact) mass is 374 g/mol. The standard InChI is InChI=1S/C19H23FN4O3/c1-2-21-19(26)24-11-9-23(10-12-24)18(25)8-7-17-22-13-16(27-17)14-5-3-4-6-15(14)20/h3-6,13H,2,7-12H2,1H3,(H,21,26). The highest BCUT2D eigenvalue weighted by atomic mass is 19.1. The van der Waals surface area contributed by atoms with Crippen molar-refractivity contribution in [2.45, 2.75) is 19.8 Å². The minimum Gasteiger partial charge on any atom is -0.441 e. The average Bonchev–Trinajstić information content (AvgIpc) is 3.15. The first-order chi connectivity index (χ1) is 13.1. The topological polar surface area (TPSA) is 78.7 Å². The Morgan fingerprint density at radius 3 is 2.59 bits per heavy atom. The van der Waals surface area contributed by atoms with E-state index in [1.54, 1.807) is 28.0 Å². The van der Waals surface area contributed by atoms with E-state index >= 15 is 0 Å². The number of halogens is 1. The number of carbonyl (C=O) groups is 2. The smallest absolute Gasteiger partial charge is 0.317 e. The number of nitrogens with one attached hydrogen (secondary N) is 1. The lowest BCUT2D eigenvalue weighted by Gasteiger charge is -2.34. The summed E-state index contributed by atoms with van der Waals surface area (Å²) in [6.07, 6.45) is 2.09. The second-order valence-corrected chi connectivity index (χ2v) is 6.30. The zero-order valence-corrected chi connectivity index (χ0v) is 15.3. The number of aromatic nitrogens is 1. The lowest BCUT2D eigenvalue weighted by atomic mass is 10.2. The summed E-state index contributed by atoms with van der Waals surface area (Å²) in [7, 11) is 0. The van der Waals surface area contributed by atoms with Crippen LogP contribution in [0, 0.1) is 5.82 Å². The minimum atomic E-state index is -0.374. The number of oxazole rings is 1. The van der Waals surface area contributed by atoms with Crippen molar-refractivity contribution in [1.29, 1.82) is 0 Å². The van der Waals surface area contributed by atoms with E-state index in [1.165, 1.54) is 12.3 Å². The van der Waals surface area contributed by atoms with Crippen LogP contribution in [0.15, 0.2) is 34.9 Å². The second-order valence-electron chi connectivity index (χ2n) is 6.30. The normalized spacial score (nSPS) is 14.3. The van der Waals surface area contributed by atoms with Crippen LogP contribution in [0.4, 0.5) is 9.18 Å². The van der Waals surface area contributed by atoms with Gasteiger partial charge < -0.3 is 19.5 Å². The summed E-state index contributed by atoms with van der Waals surface area (Å²) in [5.74, 6) is 0.381. The third-order valence-corrected chi connectivity index (χ3v) is 4.49. The average molecular weight is 374 g/mol. The first-order valence-corrected chi connectivity index (χ1v) is 9.08. The number of nitrogens with zero attached hydrogens (tertiary/aromatic N) is 3. The van der Waals surface area contributed by atoms with Crippen molar-refractivity contribution in [3.63, 3.8) is 0 Å². The first-order valence-electron chi connectivity index (χ1n) is 9.08. The fourth-order valence-corrected chi connectivity index (χ4v) is 3.01. The van der Waals surface area contributed by atoms with Gasteiger partial charge in [-0.1, -0.05) is 12.1 Å². The molecular formula is C19H23FN4O3. The molecule has 3 amide bonds. The van der Waals surface area contributed by atoms with Crippen LogP contribution in [0.2, 0.25) is 0 Å². The number of carbonyl (C=O) groups excluding carboxylic acids is 2. The summed E-state index contributed by atoms with van der Waals surface area (Å²) in [5.41, 5.74) is 0.351. The molecule has 2 aromatic rings. The van der Waals surface area contributed by atoms with E-state index in [-0.39, 0.29) is 24.2 Å². The molecule has 0 atom stereocenters. The Kier molecular flexibility index (Phi) is 6.05. The Bertz CT molecular complexity index is 800. The van der Waals surface area contributed by atoms with Gasteiger partial charge in [0.15, 0.2) is 11.7 Å². The minimum absolute atomic E-state index is 0.00353. The van der Waals surface area contributed by atoms with Crippen molar-refractivity contribution < 1.29 is 18.4 Å². The summed E-state index contributed by atoms with van der Waals surface area (Å²) in [6.45, 7) is 4.53. The molecule has 1 aromatic heterocycles. The van der Waals surface area contributed by atoms with E-state index < -0.39 is 0 Å². The van der Waals surface area contributed by atoms with Crippen molar-refractivity contribution in [3.05, 3.63) is 42.2 Å². The number of benzene rings is 1. The van der Waals surface area contributed by atoms with Crippen LogP contribution in [0.5, 0.6) is 0 Å². The fourth-order valence-electron chi connectivity index (χ4n) is 3.01. The Morgan fingerprint density at radius 2 is 1.89 bits per heavy atom. The van der Waals surface area contributed by atoms with Crippen LogP contribution in [-0.2, 0) is 11.2 Å². The second kappa shape index (κ2) is 8.66. The highest BCUT2D eigenvalue weighted by Gasteiger charge is 2.24. The van der Waals surface area contributed by atoms with Gasteiger partial charge in [0.25, 0.3) is 0 Å². The summed E-state index contributed by atoms with van der Waals surface area (Å²) >= 11 is 0. The molecule has 7 nitrogen and oxygen atoms in total. The molecule has 2 heterocycles. The van der Waals surface area contributed by atoms with Gasteiger partial charge in [-0.2, -0.15) is 0 Å². The molecule has 1 aliphatic heterocycles. The molecule has 0 bridgehead atoms. The molecule has 0 radical (unpaired) electrons. The molecule has 1 fully saturated rings. The van der Waals surface area contributed by atoms with Gasteiger partial charge in [0.1, 0.15) is 5.82 Å². The number of amides is 3. The van der Waals surface area contributed by atoms with Gasteiger partial charge in [-0.3, -0.25) is 4.79 Å². The van der Waals surface area contributed by atoms with Gasteiger partial charge in [-0.15, -0.1) is 0 Å². The maximum absolute atomic E-state index is 13.8. The maximum atomic E-state index is 13.8. The van der Waals surface area contributed by atoms with E-state index in [0.717, 1.165) is 0 Å². The van der Waals surface area contributed by atoms with E-state index in [4.69, 9.17) is 4.42 Å². The Balaban J connectivity index is 1.49. The molecule has 0 saturated carbocycles. The molecular weight excluding hydrogens is 351 g/mol. The Hall–Kier alpha value is -2.90. The molecule has 0 aliphatic carbocycles. The zero-order valence-electron chi connectivity index (χ0n) is 15.3. The van der Waals surface area contributed by atoms with Crippen molar-refractivity contribution in [3.8, 4) is 11.3 Å². The van der Waals surface area contributed by atoms with Gasteiger partial charge in [-0.25, -0.2) is 14.2 Å². The lowest BCUT2D eigenvalue weighted by molar-refractivity contribution is -0.132. The summed E-state index contributed by atoms with van der Waals surface area (Å²) in [6, 6.07) is 6.23. The van der Waals surface area contributed by atoms with Gasteiger partial charge in [0.05, 0.1) is 11.8 Å². The molecule has 1 N–H and O–H groups in total. The van der Waals surface area contributed by atoms with Crippen LogP contribution in [0.25, 0.3) is 11.3 Å². The van der Waals surface area contributed by atoms with Gasteiger partial charge >= 0.3 is 6.03 Å². The van der Waals surface area contributed by atoms with Crippen LogP contribution >= 0.6 is 0 Å². The number of hydrogen-bond donors (Lipinski definition) is 1. The van der Waals surface area contributed by atoms with Crippen molar-refractivity contribution in [1.82, 2.24) is 20.1 Å². The predicted molar refractivity (Wildman–Crippen MR) is 97.4 cm³/mol. The van der Waals surface area contributed by atoms with Crippen molar-refractivity contribution in [2.75, 3.05) is 32.7 Å². The van der Waals surface area contributed by atoms with Gasteiger partial charge in [0.2, 0.25) is 5.91 Å². The summed E-state index contributed by atoms with van der Waals surface area (Å²) < 4.78 is 19.4. The number of rotatable bonds is 5. The Morgan fingerprint density at radius 1 is 1.19 bits per heavy atom. The zero-order chi connectivity index (χ0) is 19.2. The Labute approximate surface area is 157 Å². The van der Waals surface area contributed by atoms with Crippen molar-refractivity contribution >= 4 is 11.9 Å². The predicted octanol–water partition coefficient (Wildman–Crippen LogP) is 2.29. The van der Waals surface area contributed by atoms with E-state index in [9.17, 15) is 14.0 Å². The third-order valence-electron chi connectivity index (χ3n) is 4.49. The van der Waals surface area contributed by atoms with Crippen LogP contribution in [-0.4, -0.2) is 59.4 Å². The SMILES string of the molecule is CCNC(=O)N1CCN(C(=O)CCc2ncc(-c3ccccc3F)o2)CC1. The largest absolute Gasteiger partial charge is 0.441 e. The molecule has 144 valence electrons. The molecule has 0 spiro atoms. The third kappa shape index (κ3) is 4.64. The molecule has 8 heteroatoms. The van der Waals surface area contributed by atoms with Gasteiger partial charge in [-0.05, 0) is 19.1 Å². The van der Waals surface area contributed by atoms with Crippen molar-refractivity contribution in [2.24, 2.45) is 0 Å². The number of aryl methyl sites for hydroxylation is 1. The maximum Gasteiger partial charge on any atom is 0.317 e. The highest BCUT2D eigenvalue weighted by Crippen LogP contribution is 2.23. The number of urea groups is 1. The number of hydrogen-bond acceptors (Lipinski definition) is 4.